The highest BCUT2D eigenvalue weighted by Gasteiger charge is 2.29. The summed E-state index contributed by atoms with van der Waals surface area (Å²) >= 11 is 0. The second-order valence-corrected chi connectivity index (χ2v) is 24.2. The van der Waals surface area contributed by atoms with Crippen LogP contribution in [0.1, 0.15) is 383 Å². The summed E-state index contributed by atoms with van der Waals surface area (Å²) in [5.41, 5.74) is 6.38. The van der Waals surface area contributed by atoms with Crippen molar-refractivity contribution >= 4 is 10.1 Å². The summed E-state index contributed by atoms with van der Waals surface area (Å²) in [6.45, 7) is 11.5. The van der Waals surface area contributed by atoms with Gasteiger partial charge in [-0.2, -0.15) is 8.42 Å². The van der Waals surface area contributed by atoms with Crippen molar-refractivity contribution in [1.82, 2.24) is 0 Å². The molecule has 0 aliphatic carbocycles. The van der Waals surface area contributed by atoms with Crippen LogP contribution in [0.5, 0.6) is 0 Å². The van der Waals surface area contributed by atoms with Gasteiger partial charge in [0.15, 0.2) is 0 Å². The lowest BCUT2D eigenvalue weighted by Gasteiger charge is -2.27. The van der Waals surface area contributed by atoms with E-state index in [1.807, 2.05) is 0 Å². The van der Waals surface area contributed by atoms with Gasteiger partial charge in [-0.15, -0.1) is 0 Å². The van der Waals surface area contributed by atoms with Gasteiger partial charge in [-0.1, -0.05) is 324 Å². The van der Waals surface area contributed by atoms with E-state index in [0.29, 0.717) is 4.90 Å². The van der Waals surface area contributed by atoms with E-state index in [0.717, 1.165) is 81.8 Å². The van der Waals surface area contributed by atoms with E-state index >= 15 is 0 Å². The fourth-order valence-corrected chi connectivity index (χ4v) is 12.8. The van der Waals surface area contributed by atoms with Gasteiger partial charge in [0.05, 0.1) is 0 Å². The summed E-state index contributed by atoms with van der Waals surface area (Å²) in [6.07, 6.45) is 69.7. The Bertz CT molecular complexity index is 1290. The van der Waals surface area contributed by atoms with E-state index in [-0.39, 0.29) is 0 Å². The SMILES string of the molecule is CCCCCCCCCCCCc1c(CCCCCCCCCCCC)c(CCCCCCCCCCCC)c(S(=O)(=O)O)c(CCCCCCCCCCCC)c1CCCCCCCCCCCC. The minimum atomic E-state index is -4.40. The smallest absolute Gasteiger partial charge is 0.282 e. The largest absolute Gasteiger partial charge is 0.295 e. The topological polar surface area (TPSA) is 54.4 Å². The molecule has 0 aromatic heterocycles. The van der Waals surface area contributed by atoms with Crippen LogP contribution in [0.4, 0.5) is 0 Å². The van der Waals surface area contributed by atoms with Crippen LogP contribution in [0.15, 0.2) is 4.90 Å². The van der Waals surface area contributed by atoms with E-state index in [4.69, 9.17) is 0 Å². The van der Waals surface area contributed by atoms with Crippen LogP contribution in [-0.4, -0.2) is 13.0 Å². The number of rotatable bonds is 56. The molecular formula is C66H126O3S. The Morgan fingerprint density at radius 1 is 0.214 bits per heavy atom. The zero-order valence-corrected chi connectivity index (χ0v) is 49.4. The molecule has 3 nitrogen and oxygen atoms in total. The summed E-state index contributed by atoms with van der Waals surface area (Å²) in [4.78, 5) is 0.385. The fourth-order valence-electron chi connectivity index (χ4n) is 11.7. The van der Waals surface area contributed by atoms with Gasteiger partial charge < -0.3 is 0 Å². The second kappa shape index (κ2) is 50.3. The quantitative estimate of drug-likeness (QED) is 0.0523. The first-order valence-electron chi connectivity index (χ1n) is 32.5. The molecule has 0 heterocycles. The summed E-state index contributed by atoms with van der Waals surface area (Å²) in [7, 11) is -4.40. The zero-order valence-electron chi connectivity index (χ0n) is 48.6. The second-order valence-electron chi connectivity index (χ2n) is 22.9. The molecule has 0 atom stereocenters. The van der Waals surface area contributed by atoms with Gasteiger partial charge in [-0.25, -0.2) is 0 Å². The zero-order chi connectivity index (χ0) is 50.9. The van der Waals surface area contributed by atoms with Crippen molar-refractivity contribution in [3.05, 3.63) is 27.8 Å². The first kappa shape index (κ1) is 67.1. The van der Waals surface area contributed by atoms with Gasteiger partial charge >= 0.3 is 0 Å². The van der Waals surface area contributed by atoms with E-state index in [1.54, 1.807) is 5.56 Å². The Morgan fingerprint density at radius 3 is 0.500 bits per heavy atom. The summed E-state index contributed by atoms with van der Waals surface area (Å²) < 4.78 is 39.8. The molecule has 0 aliphatic heterocycles. The lowest BCUT2D eigenvalue weighted by Crippen LogP contribution is -2.18. The normalized spacial score (nSPS) is 12.0. The molecule has 0 saturated carbocycles. The van der Waals surface area contributed by atoms with E-state index in [9.17, 15) is 13.0 Å². The number of hydrogen-bond donors (Lipinski definition) is 1. The highest BCUT2D eigenvalue weighted by Crippen LogP contribution is 2.38. The standard InChI is InChI=1S/C66H126O3S/c1-6-11-16-21-26-31-36-41-46-51-56-61-62(57-52-47-42-37-32-27-22-17-12-7-2)64(59-54-49-44-39-34-29-24-19-14-9-4)66(70(67,68)69)65(60-55-50-45-40-35-30-25-20-15-10-5)63(61)58-53-48-43-38-33-28-23-18-13-8-3/h6-60H2,1-5H3,(H,67,68,69). The molecule has 1 aromatic carbocycles. The monoisotopic (exact) mass is 999 g/mol. The van der Waals surface area contributed by atoms with E-state index in [2.05, 4.69) is 34.6 Å². The highest BCUT2D eigenvalue weighted by atomic mass is 32.2. The maximum absolute atomic E-state index is 14.1. The third kappa shape index (κ3) is 37.0. The molecule has 0 bridgehead atoms. The van der Waals surface area contributed by atoms with Gasteiger partial charge in [-0.3, -0.25) is 4.55 Å². The predicted octanol–water partition coefficient (Wildman–Crippen LogP) is 23.3. The van der Waals surface area contributed by atoms with Gasteiger partial charge in [0.2, 0.25) is 0 Å². The Kier molecular flexibility index (Phi) is 48.2. The van der Waals surface area contributed by atoms with Crippen LogP contribution in [0.2, 0.25) is 0 Å². The molecule has 414 valence electrons. The van der Waals surface area contributed by atoms with Crippen molar-refractivity contribution in [2.45, 2.75) is 393 Å². The summed E-state index contributed by atoms with van der Waals surface area (Å²) in [5, 5.41) is 0. The maximum atomic E-state index is 14.1. The number of benzene rings is 1. The van der Waals surface area contributed by atoms with Crippen molar-refractivity contribution in [3.8, 4) is 0 Å². The van der Waals surface area contributed by atoms with Crippen molar-refractivity contribution < 1.29 is 13.0 Å². The molecule has 0 aliphatic rings. The highest BCUT2D eigenvalue weighted by molar-refractivity contribution is 7.86. The van der Waals surface area contributed by atoms with E-state index < -0.39 is 10.1 Å². The van der Waals surface area contributed by atoms with Gasteiger partial charge in [0.1, 0.15) is 4.90 Å². The van der Waals surface area contributed by atoms with Crippen LogP contribution >= 0.6 is 0 Å². The molecule has 0 radical (unpaired) electrons. The molecule has 0 unspecified atom stereocenters. The molecule has 0 saturated heterocycles. The molecule has 1 aromatic rings. The third-order valence-electron chi connectivity index (χ3n) is 16.2. The predicted molar refractivity (Wildman–Crippen MR) is 314 cm³/mol. The Hall–Kier alpha value is -0.870. The molecule has 70 heavy (non-hydrogen) atoms. The van der Waals surface area contributed by atoms with Crippen LogP contribution in [-0.2, 0) is 42.2 Å². The molecule has 1 rings (SSSR count). The minimum Gasteiger partial charge on any atom is -0.282 e. The first-order valence-corrected chi connectivity index (χ1v) is 34.0. The molecule has 0 fully saturated rings. The summed E-state index contributed by atoms with van der Waals surface area (Å²) in [5.74, 6) is 0. The van der Waals surface area contributed by atoms with Crippen molar-refractivity contribution in [2.24, 2.45) is 0 Å². The van der Waals surface area contributed by atoms with Crippen molar-refractivity contribution in [3.63, 3.8) is 0 Å². The van der Waals surface area contributed by atoms with Crippen LogP contribution in [0.3, 0.4) is 0 Å². The fraction of sp³-hybridized carbons (Fsp3) is 0.909. The minimum absolute atomic E-state index is 0.385. The van der Waals surface area contributed by atoms with Crippen molar-refractivity contribution in [1.29, 1.82) is 0 Å². The van der Waals surface area contributed by atoms with Gasteiger partial charge in [-0.05, 0) is 92.0 Å². The molecular weight excluding hydrogens is 873 g/mol. The van der Waals surface area contributed by atoms with Gasteiger partial charge in [0, 0.05) is 0 Å². The lowest BCUT2D eigenvalue weighted by molar-refractivity contribution is 0.478. The Labute approximate surface area is 441 Å². The maximum Gasteiger partial charge on any atom is 0.295 e. The molecule has 0 spiro atoms. The molecule has 4 heteroatoms. The number of unbranched alkanes of at least 4 members (excludes halogenated alkanes) is 45. The third-order valence-corrected chi connectivity index (χ3v) is 17.2. The first-order chi connectivity index (χ1) is 34.4. The van der Waals surface area contributed by atoms with Crippen LogP contribution < -0.4 is 0 Å². The van der Waals surface area contributed by atoms with Crippen LogP contribution in [0.25, 0.3) is 0 Å². The van der Waals surface area contributed by atoms with Crippen LogP contribution in [0, 0.1) is 0 Å². The van der Waals surface area contributed by atoms with E-state index in [1.165, 1.54) is 294 Å². The average molecular weight is 1000 g/mol. The molecule has 1 N–H and O–H groups in total. The average Bonchev–Trinajstić information content (AvgIpc) is 3.34. The van der Waals surface area contributed by atoms with Gasteiger partial charge in [0.25, 0.3) is 10.1 Å². The Balaban J connectivity index is 3.58. The summed E-state index contributed by atoms with van der Waals surface area (Å²) in [6, 6.07) is 0. The van der Waals surface area contributed by atoms with Crippen molar-refractivity contribution in [2.75, 3.05) is 0 Å². The Morgan fingerprint density at radius 2 is 0.343 bits per heavy atom. The molecule has 0 amide bonds. The lowest BCUT2D eigenvalue weighted by atomic mass is 9.81. The number of hydrogen-bond acceptors (Lipinski definition) is 2.